The van der Waals surface area contributed by atoms with Gasteiger partial charge in [-0.2, -0.15) is 0 Å². The molecular formula is C16H13FNO4-. The Morgan fingerprint density at radius 1 is 1.23 bits per heavy atom. The van der Waals surface area contributed by atoms with Gasteiger partial charge in [-0.1, -0.05) is 12.1 Å². The minimum atomic E-state index is -1.50. The van der Waals surface area contributed by atoms with E-state index in [1.165, 1.54) is 24.4 Å². The zero-order valence-electron chi connectivity index (χ0n) is 11.8. The number of aromatic carboxylic acids is 1. The molecule has 6 heteroatoms. The average Bonchev–Trinajstić information content (AvgIpc) is 2.49. The fraction of sp³-hybridized carbons (Fsp3) is 0.188. The summed E-state index contributed by atoms with van der Waals surface area (Å²) in [6.45, 7) is 1.73. The van der Waals surface area contributed by atoms with Crippen LogP contribution in [0.4, 0.5) is 4.39 Å². The van der Waals surface area contributed by atoms with Gasteiger partial charge in [0.05, 0.1) is 12.6 Å². The summed E-state index contributed by atoms with van der Waals surface area (Å²) in [6.07, 6.45) is 1.75. The Kier molecular flexibility index (Phi) is 4.83. The van der Waals surface area contributed by atoms with Crippen LogP contribution in [0.3, 0.4) is 0 Å². The number of aromatic nitrogens is 1. The lowest BCUT2D eigenvalue weighted by molar-refractivity contribution is -0.255. The van der Waals surface area contributed by atoms with E-state index in [2.05, 4.69) is 4.98 Å². The van der Waals surface area contributed by atoms with E-state index in [0.29, 0.717) is 12.0 Å². The van der Waals surface area contributed by atoms with Gasteiger partial charge in [0, 0.05) is 11.8 Å². The Morgan fingerprint density at radius 2 is 1.91 bits per heavy atom. The van der Waals surface area contributed by atoms with E-state index in [9.17, 15) is 19.1 Å². The van der Waals surface area contributed by atoms with Crippen LogP contribution >= 0.6 is 0 Å². The molecule has 2 aromatic rings. The van der Waals surface area contributed by atoms with Gasteiger partial charge in [0.2, 0.25) is 0 Å². The van der Waals surface area contributed by atoms with Crippen molar-refractivity contribution in [3.8, 4) is 0 Å². The third-order valence-corrected chi connectivity index (χ3v) is 2.95. The number of carboxylic acid groups (broad SMARTS) is 1. The molecule has 0 amide bonds. The van der Waals surface area contributed by atoms with Crippen molar-refractivity contribution in [3.05, 3.63) is 64.7 Å². The normalized spacial score (nSPS) is 10.3. The first-order valence-corrected chi connectivity index (χ1v) is 6.63. The van der Waals surface area contributed by atoms with E-state index in [0.717, 1.165) is 5.56 Å². The maximum absolute atomic E-state index is 12.9. The molecule has 1 heterocycles. The Balaban J connectivity index is 2.31. The zero-order chi connectivity index (χ0) is 16.1. The maximum Gasteiger partial charge on any atom is 0.357 e. The molecule has 0 unspecified atom stereocenters. The van der Waals surface area contributed by atoms with Crippen molar-refractivity contribution in [2.24, 2.45) is 0 Å². The number of nitrogens with zero attached hydrogens (tertiary/aromatic N) is 1. The topological polar surface area (TPSA) is 79.3 Å². The van der Waals surface area contributed by atoms with E-state index in [1.54, 1.807) is 19.1 Å². The Labute approximate surface area is 126 Å². The highest BCUT2D eigenvalue weighted by Crippen LogP contribution is 2.14. The van der Waals surface area contributed by atoms with E-state index in [4.69, 9.17) is 4.74 Å². The van der Waals surface area contributed by atoms with Crippen LogP contribution < -0.4 is 5.11 Å². The predicted octanol–water partition coefficient (Wildman–Crippen LogP) is 1.35. The Bertz CT molecular complexity index is 698. The lowest BCUT2D eigenvalue weighted by atomic mass is 10.0. The SMILES string of the molecule is CCOC(=O)c1ncc(Cc2ccc(F)cc2)cc1C(=O)[O-]. The molecule has 0 saturated carbocycles. The molecule has 0 aliphatic carbocycles. The summed E-state index contributed by atoms with van der Waals surface area (Å²) in [5.74, 6) is -2.67. The molecule has 0 N–H and O–H groups in total. The third-order valence-electron chi connectivity index (χ3n) is 2.95. The van der Waals surface area contributed by atoms with E-state index in [-0.39, 0.29) is 23.7 Å². The summed E-state index contributed by atoms with van der Waals surface area (Å²) in [6, 6.07) is 7.13. The van der Waals surface area contributed by atoms with Crippen LogP contribution in [0, 0.1) is 5.82 Å². The fourth-order valence-corrected chi connectivity index (χ4v) is 1.96. The summed E-state index contributed by atoms with van der Waals surface area (Å²) in [7, 11) is 0. The second-order valence-corrected chi connectivity index (χ2v) is 4.55. The number of ether oxygens (including phenoxy) is 1. The highest BCUT2D eigenvalue weighted by atomic mass is 19.1. The maximum atomic E-state index is 12.9. The van der Waals surface area contributed by atoms with Gasteiger partial charge in [0.25, 0.3) is 0 Å². The van der Waals surface area contributed by atoms with Gasteiger partial charge in [-0.25, -0.2) is 14.2 Å². The molecule has 1 aromatic carbocycles. The first-order chi connectivity index (χ1) is 10.5. The second-order valence-electron chi connectivity index (χ2n) is 4.55. The largest absolute Gasteiger partial charge is 0.545 e. The lowest BCUT2D eigenvalue weighted by Gasteiger charge is -2.11. The number of rotatable bonds is 5. The summed E-state index contributed by atoms with van der Waals surface area (Å²) in [5, 5.41) is 11.2. The van der Waals surface area contributed by atoms with Crippen molar-refractivity contribution in [1.29, 1.82) is 0 Å². The molecule has 0 atom stereocenters. The van der Waals surface area contributed by atoms with Crippen molar-refractivity contribution >= 4 is 11.9 Å². The average molecular weight is 302 g/mol. The molecule has 1 aromatic heterocycles. The number of hydrogen-bond donors (Lipinski definition) is 0. The Morgan fingerprint density at radius 3 is 2.50 bits per heavy atom. The number of benzene rings is 1. The van der Waals surface area contributed by atoms with Crippen LogP contribution in [0.1, 0.15) is 38.9 Å². The zero-order valence-corrected chi connectivity index (χ0v) is 11.8. The van der Waals surface area contributed by atoms with Crippen molar-refractivity contribution in [2.45, 2.75) is 13.3 Å². The van der Waals surface area contributed by atoms with Gasteiger partial charge in [-0.15, -0.1) is 0 Å². The standard InChI is InChI=1S/C16H14FNO4/c1-2-22-16(21)14-13(15(19)20)8-11(9-18-14)7-10-3-5-12(17)6-4-10/h3-6,8-9H,2,7H2,1H3,(H,19,20)/p-1. The number of carbonyl (C=O) groups is 2. The fourth-order valence-electron chi connectivity index (χ4n) is 1.96. The minimum Gasteiger partial charge on any atom is -0.545 e. The summed E-state index contributed by atoms with van der Waals surface area (Å²) >= 11 is 0. The molecule has 0 fully saturated rings. The molecule has 0 aliphatic rings. The van der Waals surface area contributed by atoms with Gasteiger partial charge in [0.15, 0.2) is 5.69 Å². The van der Waals surface area contributed by atoms with Crippen LogP contribution in [0.5, 0.6) is 0 Å². The summed E-state index contributed by atoms with van der Waals surface area (Å²) in [4.78, 5) is 26.7. The molecule has 114 valence electrons. The van der Waals surface area contributed by atoms with Crippen LogP contribution in [0.2, 0.25) is 0 Å². The predicted molar refractivity (Wildman–Crippen MR) is 73.7 cm³/mol. The quantitative estimate of drug-likeness (QED) is 0.779. The number of carbonyl (C=O) groups excluding carboxylic acids is 2. The molecule has 0 bridgehead atoms. The number of pyridine rings is 1. The summed E-state index contributed by atoms with van der Waals surface area (Å²) in [5.41, 5.74) is 0.748. The molecule has 5 nitrogen and oxygen atoms in total. The minimum absolute atomic E-state index is 0.115. The smallest absolute Gasteiger partial charge is 0.357 e. The Hall–Kier alpha value is -2.76. The number of hydrogen-bond acceptors (Lipinski definition) is 5. The van der Waals surface area contributed by atoms with Crippen molar-refractivity contribution in [3.63, 3.8) is 0 Å². The van der Waals surface area contributed by atoms with Crippen LogP contribution in [-0.2, 0) is 11.2 Å². The van der Waals surface area contributed by atoms with Gasteiger partial charge in [-0.05, 0) is 42.7 Å². The highest BCUT2D eigenvalue weighted by molar-refractivity contribution is 6.00. The van der Waals surface area contributed by atoms with Crippen molar-refractivity contribution < 1.29 is 23.8 Å². The molecule has 0 aliphatic heterocycles. The molecule has 22 heavy (non-hydrogen) atoms. The molecule has 0 spiro atoms. The number of halogens is 1. The number of carboxylic acids is 1. The molecule has 0 radical (unpaired) electrons. The molecule has 2 rings (SSSR count). The van der Waals surface area contributed by atoms with Crippen LogP contribution in [-0.4, -0.2) is 23.5 Å². The van der Waals surface area contributed by atoms with E-state index < -0.39 is 11.9 Å². The van der Waals surface area contributed by atoms with E-state index >= 15 is 0 Å². The van der Waals surface area contributed by atoms with Crippen molar-refractivity contribution in [1.82, 2.24) is 4.98 Å². The first kappa shape index (κ1) is 15.6. The van der Waals surface area contributed by atoms with Gasteiger partial charge >= 0.3 is 5.97 Å². The molecular weight excluding hydrogens is 289 g/mol. The monoisotopic (exact) mass is 302 g/mol. The van der Waals surface area contributed by atoms with Gasteiger partial charge in [-0.3, -0.25) is 0 Å². The summed E-state index contributed by atoms with van der Waals surface area (Å²) < 4.78 is 17.6. The second kappa shape index (κ2) is 6.80. The first-order valence-electron chi connectivity index (χ1n) is 6.63. The molecule has 0 saturated heterocycles. The van der Waals surface area contributed by atoms with Crippen LogP contribution in [0.15, 0.2) is 36.5 Å². The van der Waals surface area contributed by atoms with Gasteiger partial charge in [0.1, 0.15) is 5.82 Å². The van der Waals surface area contributed by atoms with E-state index in [1.807, 2.05) is 0 Å². The third kappa shape index (κ3) is 3.66. The van der Waals surface area contributed by atoms with Crippen molar-refractivity contribution in [2.75, 3.05) is 6.61 Å². The van der Waals surface area contributed by atoms with Gasteiger partial charge < -0.3 is 14.6 Å². The highest BCUT2D eigenvalue weighted by Gasteiger charge is 2.16. The number of esters is 1. The lowest BCUT2D eigenvalue weighted by Crippen LogP contribution is -2.26. The van der Waals surface area contributed by atoms with Crippen LogP contribution in [0.25, 0.3) is 0 Å².